The lowest BCUT2D eigenvalue weighted by Gasteiger charge is -2.44. The molecule has 5 atom stereocenters. The minimum atomic E-state index is -1.77. The Bertz CT molecular complexity index is 400. The predicted molar refractivity (Wildman–Crippen MR) is 94.6 cm³/mol. The van der Waals surface area contributed by atoms with Crippen LogP contribution in [0, 0.1) is 0 Å². The normalized spacial score (nSPS) is 35.5. The maximum Gasteiger partial charge on any atom is 0.454 e. The summed E-state index contributed by atoms with van der Waals surface area (Å²) < 4.78 is 35.9. The van der Waals surface area contributed by atoms with Crippen molar-refractivity contribution in [2.24, 2.45) is 0 Å². The molecule has 0 bridgehead atoms. The van der Waals surface area contributed by atoms with Gasteiger partial charge in [0.05, 0.1) is 18.8 Å². The zero-order valence-corrected chi connectivity index (χ0v) is 17.6. The first-order valence-corrected chi connectivity index (χ1v) is 15.1. The van der Waals surface area contributed by atoms with Crippen LogP contribution < -0.4 is 0 Å². The van der Waals surface area contributed by atoms with E-state index >= 15 is 0 Å². The van der Waals surface area contributed by atoms with Crippen LogP contribution in [-0.2, 0) is 27.6 Å². The molecule has 2 saturated heterocycles. The van der Waals surface area contributed by atoms with Crippen LogP contribution in [-0.4, -0.2) is 68.2 Å². The van der Waals surface area contributed by atoms with Gasteiger partial charge in [-0.05, 0) is 46.1 Å². The molecule has 6 nitrogen and oxygen atoms in total. The van der Waals surface area contributed by atoms with Crippen molar-refractivity contribution in [3.63, 3.8) is 0 Å². The third-order valence-corrected chi connectivity index (χ3v) is 5.70. The average molecular weight is 362 g/mol. The maximum absolute atomic E-state index is 6.29. The molecule has 23 heavy (non-hydrogen) atoms. The molecule has 0 unspecified atom stereocenters. The topological polar surface area (TPSA) is 55.4 Å². The fourth-order valence-corrected chi connectivity index (χ4v) is 4.59. The average Bonchev–Trinajstić information content (AvgIpc) is 2.77. The Balaban J connectivity index is 2.14. The fourth-order valence-electron chi connectivity index (χ4n) is 2.86. The summed E-state index contributed by atoms with van der Waals surface area (Å²) in [4.78, 5) is 0. The van der Waals surface area contributed by atoms with Crippen LogP contribution in [0.3, 0.4) is 0 Å². The first-order valence-electron chi connectivity index (χ1n) is 8.31. The Morgan fingerprint density at radius 2 is 1.57 bits per heavy atom. The van der Waals surface area contributed by atoms with Crippen molar-refractivity contribution in [1.82, 2.24) is 0 Å². The minimum absolute atomic E-state index is 0.186. The number of methoxy groups -OCH3 is 1. The molecule has 0 aromatic rings. The summed E-state index contributed by atoms with van der Waals surface area (Å²) in [6, 6.07) is 0. The molecule has 9 heteroatoms. The second-order valence-corrected chi connectivity index (χ2v) is 17.1. The highest BCUT2D eigenvalue weighted by molar-refractivity contribution is 6.70. The lowest BCUT2D eigenvalue weighted by Crippen LogP contribution is -2.61. The minimum Gasteiger partial charge on any atom is -0.415 e. The standard InChI is InChI=1S/C14H31BO6Si2/c1-15-19-11-10(9-17-22(3,4)5)18-14(16-2)13(12(11)20-15)21-23(6,7)8/h10-14H,9H2,1-8H3/t10-,11+,12+,13-,14-/m1/s1. The molecule has 0 saturated carbocycles. The van der Waals surface area contributed by atoms with Crippen molar-refractivity contribution in [3.8, 4) is 0 Å². The van der Waals surface area contributed by atoms with Crippen molar-refractivity contribution in [2.75, 3.05) is 13.7 Å². The van der Waals surface area contributed by atoms with Gasteiger partial charge in [0.2, 0.25) is 0 Å². The van der Waals surface area contributed by atoms with Gasteiger partial charge >= 0.3 is 7.12 Å². The van der Waals surface area contributed by atoms with Gasteiger partial charge < -0.3 is 27.6 Å². The second kappa shape index (κ2) is 7.25. The zero-order chi connectivity index (χ0) is 17.4. The molecule has 0 amide bonds. The summed E-state index contributed by atoms with van der Waals surface area (Å²) >= 11 is 0. The highest BCUT2D eigenvalue weighted by Gasteiger charge is 2.54. The van der Waals surface area contributed by atoms with Gasteiger partial charge in [-0.25, -0.2) is 0 Å². The summed E-state index contributed by atoms with van der Waals surface area (Å²) in [6.07, 6.45) is -1.32. The highest BCUT2D eigenvalue weighted by Crippen LogP contribution is 2.35. The maximum atomic E-state index is 6.29. The summed E-state index contributed by atoms with van der Waals surface area (Å²) in [6.45, 7) is 15.3. The number of rotatable bonds is 6. The third kappa shape index (κ3) is 5.37. The van der Waals surface area contributed by atoms with Gasteiger partial charge in [0, 0.05) is 7.11 Å². The monoisotopic (exact) mass is 362 g/mol. The smallest absolute Gasteiger partial charge is 0.415 e. The van der Waals surface area contributed by atoms with E-state index in [4.69, 9.17) is 27.6 Å². The van der Waals surface area contributed by atoms with E-state index in [0.29, 0.717) is 6.61 Å². The van der Waals surface area contributed by atoms with Crippen molar-refractivity contribution >= 4 is 23.8 Å². The molecule has 0 aromatic carbocycles. The number of hydrogen-bond acceptors (Lipinski definition) is 6. The lowest BCUT2D eigenvalue weighted by atomic mass is 9.97. The fraction of sp³-hybridized carbons (Fsp3) is 1.00. The van der Waals surface area contributed by atoms with Gasteiger partial charge in [0.1, 0.15) is 12.2 Å². The Hall–Kier alpha value is 0.259. The van der Waals surface area contributed by atoms with Crippen LogP contribution in [0.15, 0.2) is 0 Å². The molecular formula is C14H31BO6Si2. The first-order chi connectivity index (χ1) is 10.5. The van der Waals surface area contributed by atoms with Gasteiger partial charge in [0.25, 0.3) is 0 Å². The molecular weight excluding hydrogens is 331 g/mol. The Labute approximate surface area is 142 Å². The largest absolute Gasteiger partial charge is 0.454 e. The molecule has 2 fully saturated rings. The Kier molecular flexibility index (Phi) is 6.17. The summed E-state index contributed by atoms with van der Waals surface area (Å²) in [5.41, 5.74) is 0. The van der Waals surface area contributed by atoms with Crippen LogP contribution in [0.4, 0.5) is 0 Å². The van der Waals surface area contributed by atoms with Crippen molar-refractivity contribution in [1.29, 1.82) is 0 Å². The lowest BCUT2D eigenvalue weighted by molar-refractivity contribution is -0.269. The second-order valence-electron chi connectivity index (χ2n) is 8.17. The van der Waals surface area contributed by atoms with Gasteiger partial charge in [0.15, 0.2) is 22.9 Å². The van der Waals surface area contributed by atoms with E-state index in [9.17, 15) is 0 Å². The molecule has 0 N–H and O–H groups in total. The van der Waals surface area contributed by atoms with Crippen molar-refractivity contribution < 1.29 is 27.6 Å². The molecule has 0 aliphatic carbocycles. The van der Waals surface area contributed by atoms with Crippen molar-refractivity contribution in [3.05, 3.63) is 0 Å². The van der Waals surface area contributed by atoms with Crippen LogP contribution in [0.5, 0.6) is 0 Å². The van der Waals surface area contributed by atoms with E-state index in [1.54, 1.807) is 7.11 Å². The molecule has 0 aromatic heterocycles. The summed E-state index contributed by atoms with van der Waals surface area (Å²) in [5, 5.41) is 0. The third-order valence-electron chi connectivity index (χ3n) is 3.69. The van der Waals surface area contributed by atoms with E-state index in [1.165, 1.54) is 0 Å². The Morgan fingerprint density at radius 3 is 2.09 bits per heavy atom. The van der Waals surface area contributed by atoms with Crippen molar-refractivity contribution in [2.45, 2.75) is 76.8 Å². The molecule has 2 aliphatic heterocycles. The molecule has 2 rings (SSSR count). The molecule has 0 spiro atoms. The quantitative estimate of drug-likeness (QED) is 0.676. The molecule has 134 valence electrons. The Morgan fingerprint density at radius 1 is 0.957 bits per heavy atom. The molecule has 2 heterocycles. The van der Waals surface area contributed by atoms with Gasteiger partial charge in [-0.15, -0.1) is 0 Å². The zero-order valence-electron chi connectivity index (χ0n) is 15.6. The number of hydrogen-bond donors (Lipinski definition) is 0. The summed E-state index contributed by atoms with van der Waals surface area (Å²) in [7, 11) is -2.04. The highest BCUT2D eigenvalue weighted by atomic mass is 28.4. The van der Waals surface area contributed by atoms with Crippen LogP contribution >= 0.6 is 0 Å². The number of fused-ring (bicyclic) bond motifs is 1. The first kappa shape index (κ1) is 19.6. The SMILES string of the molecule is CO[C@@H]1O[C@H](CO[Si](C)(C)C)[C@@H]2OB(C)O[C@@H]2[C@H]1O[Si](C)(C)C. The molecule has 0 radical (unpaired) electrons. The molecule has 2 aliphatic rings. The van der Waals surface area contributed by atoms with Crippen LogP contribution in [0.2, 0.25) is 46.1 Å². The predicted octanol–water partition coefficient (Wildman–Crippen LogP) is 2.33. The van der Waals surface area contributed by atoms with Gasteiger partial charge in [-0.1, -0.05) is 0 Å². The van der Waals surface area contributed by atoms with E-state index in [0.717, 1.165) is 0 Å². The van der Waals surface area contributed by atoms with E-state index < -0.39 is 22.9 Å². The van der Waals surface area contributed by atoms with E-state index in [2.05, 4.69) is 39.3 Å². The van der Waals surface area contributed by atoms with E-state index in [1.807, 2.05) is 6.82 Å². The van der Waals surface area contributed by atoms with Gasteiger partial charge in [-0.3, -0.25) is 0 Å². The van der Waals surface area contributed by atoms with Crippen LogP contribution in [0.25, 0.3) is 0 Å². The summed E-state index contributed by atoms with van der Waals surface area (Å²) in [5.74, 6) is 0. The number of ether oxygens (including phenoxy) is 2. The van der Waals surface area contributed by atoms with Crippen LogP contribution in [0.1, 0.15) is 0 Å². The van der Waals surface area contributed by atoms with E-state index in [-0.39, 0.29) is 31.5 Å². The van der Waals surface area contributed by atoms with Gasteiger partial charge in [-0.2, -0.15) is 0 Å².